The Morgan fingerprint density at radius 2 is 2.38 bits per heavy atom. The lowest BCUT2D eigenvalue weighted by atomic mass is 10.2. The lowest BCUT2D eigenvalue weighted by Gasteiger charge is -2.00. The summed E-state index contributed by atoms with van der Waals surface area (Å²) in [5.74, 6) is 0.922. The summed E-state index contributed by atoms with van der Waals surface area (Å²) in [6, 6.07) is 9.71. The van der Waals surface area contributed by atoms with Gasteiger partial charge in [0.05, 0.1) is 18.2 Å². The maximum absolute atomic E-state index is 8.65. The summed E-state index contributed by atoms with van der Waals surface area (Å²) in [4.78, 5) is 1.12. The zero-order chi connectivity index (χ0) is 9.52. The van der Waals surface area contributed by atoms with E-state index in [4.69, 9.17) is 10.00 Å². The molecule has 0 heterocycles. The summed E-state index contributed by atoms with van der Waals surface area (Å²) in [6.45, 7) is 0.738. The number of benzene rings is 1. The summed E-state index contributed by atoms with van der Waals surface area (Å²) < 4.78 is 4.93. The number of ether oxygens (including phenoxy) is 1. The van der Waals surface area contributed by atoms with Crippen molar-refractivity contribution in [3.8, 4) is 6.07 Å². The van der Waals surface area contributed by atoms with Gasteiger partial charge >= 0.3 is 0 Å². The third-order valence-electron chi connectivity index (χ3n) is 1.52. The Morgan fingerprint density at radius 3 is 3.08 bits per heavy atom. The predicted molar refractivity (Wildman–Crippen MR) is 53.8 cm³/mol. The quantitative estimate of drug-likeness (QED) is 0.543. The number of thioether (sulfide) groups is 1. The molecule has 1 aromatic carbocycles. The van der Waals surface area contributed by atoms with E-state index in [1.807, 2.05) is 18.2 Å². The van der Waals surface area contributed by atoms with Crippen LogP contribution in [-0.2, 0) is 4.74 Å². The Kier molecular flexibility index (Phi) is 4.37. The fourth-order valence-electron chi connectivity index (χ4n) is 0.898. The number of nitrogens with zero attached hydrogens (tertiary/aromatic N) is 1. The molecule has 0 unspecified atom stereocenters. The van der Waals surface area contributed by atoms with Gasteiger partial charge < -0.3 is 4.74 Å². The molecule has 1 rings (SSSR count). The molecule has 3 heteroatoms. The Hall–Kier alpha value is -0.980. The molecule has 0 saturated carbocycles. The third-order valence-corrected chi connectivity index (χ3v) is 2.48. The SMILES string of the molecule is COCCSc1cccc(C#N)c1. The molecular weight excluding hydrogens is 182 g/mol. The van der Waals surface area contributed by atoms with Crippen molar-refractivity contribution in [2.75, 3.05) is 19.5 Å². The smallest absolute Gasteiger partial charge is 0.0992 e. The van der Waals surface area contributed by atoms with Crippen LogP contribution in [0.2, 0.25) is 0 Å². The molecule has 0 fully saturated rings. The van der Waals surface area contributed by atoms with E-state index in [0.29, 0.717) is 5.56 Å². The van der Waals surface area contributed by atoms with Crippen LogP contribution in [0.5, 0.6) is 0 Å². The maximum atomic E-state index is 8.65. The molecule has 0 amide bonds. The Labute approximate surface area is 82.5 Å². The van der Waals surface area contributed by atoms with Gasteiger partial charge in [-0.05, 0) is 18.2 Å². The van der Waals surface area contributed by atoms with Crippen molar-refractivity contribution in [2.45, 2.75) is 4.90 Å². The summed E-state index contributed by atoms with van der Waals surface area (Å²) in [5, 5.41) is 8.65. The minimum Gasteiger partial charge on any atom is -0.384 e. The van der Waals surface area contributed by atoms with Crippen LogP contribution in [-0.4, -0.2) is 19.5 Å². The van der Waals surface area contributed by atoms with Crippen molar-refractivity contribution in [1.29, 1.82) is 5.26 Å². The third kappa shape index (κ3) is 3.49. The fraction of sp³-hybridized carbons (Fsp3) is 0.300. The number of hydrogen-bond acceptors (Lipinski definition) is 3. The molecule has 0 spiro atoms. The minimum absolute atomic E-state index is 0.711. The number of hydrogen-bond donors (Lipinski definition) is 0. The van der Waals surface area contributed by atoms with Crippen molar-refractivity contribution in [1.82, 2.24) is 0 Å². The monoisotopic (exact) mass is 193 g/mol. The fourth-order valence-corrected chi connectivity index (χ4v) is 1.77. The van der Waals surface area contributed by atoms with Crippen LogP contribution in [0.1, 0.15) is 5.56 Å². The standard InChI is InChI=1S/C10H11NOS/c1-12-5-6-13-10-4-2-3-9(7-10)8-11/h2-4,7H,5-6H2,1H3. The van der Waals surface area contributed by atoms with Crippen LogP contribution < -0.4 is 0 Å². The first-order valence-electron chi connectivity index (χ1n) is 3.98. The lowest BCUT2D eigenvalue weighted by Crippen LogP contribution is -1.90. The zero-order valence-corrected chi connectivity index (χ0v) is 8.30. The summed E-state index contributed by atoms with van der Waals surface area (Å²) >= 11 is 1.70. The molecule has 0 N–H and O–H groups in total. The average molecular weight is 193 g/mol. The highest BCUT2D eigenvalue weighted by Crippen LogP contribution is 2.18. The maximum Gasteiger partial charge on any atom is 0.0992 e. The van der Waals surface area contributed by atoms with Crippen LogP contribution in [0.25, 0.3) is 0 Å². The van der Waals surface area contributed by atoms with Gasteiger partial charge in [0.25, 0.3) is 0 Å². The van der Waals surface area contributed by atoms with Crippen LogP contribution in [0.15, 0.2) is 29.2 Å². The average Bonchev–Trinajstić information content (AvgIpc) is 2.19. The first kappa shape index (κ1) is 10.1. The zero-order valence-electron chi connectivity index (χ0n) is 7.49. The highest BCUT2D eigenvalue weighted by atomic mass is 32.2. The predicted octanol–water partition coefficient (Wildman–Crippen LogP) is 2.30. The second kappa shape index (κ2) is 5.63. The molecule has 0 aliphatic rings. The molecular formula is C10H11NOS. The van der Waals surface area contributed by atoms with Crippen LogP contribution in [0, 0.1) is 11.3 Å². The van der Waals surface area contributed by atoms with E-state index in [1.165, 1.54) is 0 Å². The van der Waals surface area contributed by atoms with Gasteiger partial charge in [-0.15, -0.1) is 11.8 Å². The van der Waals surface area contributed by atoms with Crippen molar-refractivity contribution in [3.05, 3.63) is 29.8 Å². The van der Waals surface area contributed by atoms with Crippen molar-refractivity contribution in [2.24, 2.45) is 0 Å². The van der Waals surface area contributed by atoms with Gasteiger partial charge in [0.2, 0.25) is 0 Å². The van der Waals surface area contributed by atoms with E-state index in [0.717, 1.165) is 17.3 Å². The van der Waals surface area contributed by atoms with Crippen LogP contribution in [0.4, 0.5) is 0 Å². The number of methoxy groups -OCH3 is 1. The molecule has 0 aromatic heterocycles. The van der Waals surface area contributed by atoms with Gasteiger partial charge in [0, 0.05) is 17.8 Å². The van der Waals surface area contributed by atoms with Gasteiger partial charge in [0.1, 0.15) is 0 Å². The Bertz CT molecular complexity index is 306. The van der Waals surface area contributed by atoms with Crippen LogP contribution >= 0.6 is 11.8 Å². The first-order chi connectivity index (χ1) is 6.36. The number of nitriles is 1. The number of rotatable bonds is 4. The molecule has 0 radical (unpaired) electrons. The summed E-state index contributed by atoms with van der Waals surface area (Å²) in [5.41, 5.74) is 0.711. The Balaban J connectivity index is 2.52. The summed E-state index contributed by atoms with van der Waals surface area (Å²) in [7, 11) is 1.69. The topological polar surface area (TPSA) is 33.0 Å². The molecule has 0 bridgehead atoms. The summed E-state index contributed by atoms with van der Waals surface area (Å²) in [6.07, 6.45) is 0. The molecule has 0 aliphatic carbocycles. The van der Waals surface area contributed by atoms with E-state index in [9.17, 15) is 0 Å². The molecule has 1 aromatic rings. The van der Waals surface area contributed by atoms with Crippen LogP contribution in [0.3, 0.4) is 0 Å². The highest BCUT2D eigenvalue weighted by Gasteiger charge is 1.95. The van der Waals surface area contributed by atoms with Gasteiger partial charge in [-0.25, -0.2) is 0 Å². The first-order valence-corrected chi connectivity index (χ1v) is 4.97. The normalized spacial score (nSPS) is 9.54. The molecule has 0 saturated heterocycles. The highest BCUT2D eigenvalue weighted by molar-refractivity contribution is 7.99. The molecule has 68 valence electrons. The van der Waals surface area contributed by atoms with E-state index in [1.54, 1.807) is 24.9 Å². The van der Waals surface area contributed by atoms with E-state index >= 15 is 0 Å². The largest absolute Gasteiger partial charge is 0.384 e. The molecule has 13 heavy (non-hydrogen) atoms. The van der Waals surface area contributed by atoms with Crippen molar-refractivity contribution >= 4 is 11.8 Å². The second-order valence-electron chi connectivity index (χ2n) is 2.48. The van der Waals surface area contributed by atoms with Crippen molar-refractivity contribution in [3.63, 3.8) is 0 Å². The van der Waals surface area contributed by atoms with Gasteiger partial charge in [-0.1, -0.05) is 6.07 Å². The van der Waals surface area contributed by atoms with Gasteiger partial charge in [-0.3, -0.25) is 0 Å². The lowest BCUT2D eigenvalue weighted by molar-refractivity contribution is 0.218. The minimum atomic E-state index is 0.711. The van der Waals surface area contributed by atoms with E-state index in [2.05, 4.69) is 6.07 Å². The molecule has 2 nitrogen and oxygen atoms in total. The Morgan fingerprint density at radius 1 is 1.54 bits per heavy atom. The van der Waals surface area contributed by atoms with Gasteiger partial charge in [-0.2, -0.15) is 5.26 Å². The van der Waals surface area contributed by atoms with E-state index < -0.39 is 0 Å². The van der Waals surface area contributed by atoms with E-state index in [-0.39, 0.29) is 0 Å². The van der Waals surface area contributed by atoms with Crippen molar-refractivity contribution < 1.29 is 4.74 Å². The van der Waals surface area contributed by atoms with Gasteiger partial charge in [0.15, 0.2) is 0 Å². The molecule has 0 atom stereocenters. The molecule has 0 aliphatic heterocycles. The second-order valence-corrected chi connectivity index (χ2v) is 3.65.